The lowest BCUT2D eigenvalue weighted by Gasteiger charge is -2.20. The Morgan fingerprint density at radius 3 is 1.39 bits per heavy atom. The van der Waals surface area contributed by atoms with E-state index in [1.165, 1.54) is 87.2 Å². The van der Waals surface area contributed by atoms with Crippen molar-refractivity contribution in [2.24, 2.45) is 0 Å². The minimum Gasteiger partial charge on any atom is -0.0622 e. The summed E-state index contributed by atoms with van der Waals surface area (Å²) in [5, 5.41) is 12.8. The smallest absolute Gasteiger partial charge is 0.00201 e. The third kappa shape index (κ3) is 3.78. The molecule has 0 atom stereocenters. The molecule has 0 aliphatic rings. The average molecular weight is 557 g/mol. The second-order valence-electron chi connectivity index (χ2n) is 11.6. The Balaban J connectivity index is 1.40. The molecule has 0 bridgehead atoms. The highest BCUT2D eigenvalue weighted by molar-refractivity contribution is 6.26. The summed E-state index contributed by atoms with van der Waals surface area (Å²) in [6.45, 7) is 0. The molecule has 0 aromatic heterocycles. The minimum atomic E-state index is 1.23. The molecule has 0 saturated heterocycles. The molecule has 0 spiro atoms. The van der Waals surface area contributed by atoms with Crippen LogP contribution in [0.2, 0.25) is 0 Å². The first-order valence-electron chi connectivity index (χ1n) is 15.3. The predicted octanol–water partition coefficient (Wildman–Crippen LogP) is 12.5. The van der Waals surface area contributed by atoms with E-state index in [0.717, 1.165) is 0 Å². The van der Waals surface area contributed by atoms with Gasteiger partial charge in [-0.05, 0) is 93.3 Å². The van der Waals surface area contributed by atoms with Crippen LogP contribution in [0, 0.1) is 0 Å². The van der Waals surface area contributed by atoms with Gasteiger partial charge >= 0.3 is 0 Å². The first kappa shape index (κ1) is 24.8. The van der Waals surface area contributed by atoms with Crippen molar-refractivity contribution in [1.29, 1.82) is 0 Å². The lowest BCUT2D eigenvalue weighted by atomic mass is 9.83. The molecule has 0 heteroatoms. The van der Waals surface area contributed by atoms with Gasteiger partial charge in [0.1, 0.15) is 0 Å². The van der Waals surface area contributed by atoms with Gasteiger partial charge in [-0.3, -0.25) is 0 Å². The van der Waals surface area contributed by atoms with Crippen molar-refractivity contribution in [3.63, 3.8) is 0 Å². The standard InChI is InChI=1S/C44H28/c1-2-12-29(13-3-1)32-25-24-31-15-10-22-41(42(31)28-32)44-39-19-8-6-17-37(39)43(38-18-7-9-20-40(38)44)36-23-11-21-34-33-16-5-4-14-30(33)26-27-35(34)36/h1-28H. The molecule has 0 radical (unpaired) electrons. The van der Waals surface area contributed by atoms with Crippen molar-refractivity contribution >= 4 is 53.9 Å². The topological polar surface area (TPSA) is 0 Å². The third-order valence-corrected chi connectivity index (χ3v) is 9.25. The molecule has 0 aliphatic heterocycles. The van der Waals surface area contributed by atoms with E-state index >= 15 is 0 Å². The molecule has 9 aromatic rings. The lowest BCUT2D eigenvalue weighted by molar-refractivity contribution is 1.64. The SMILES string of the molecule is c1ccc(-c2ccc3cccc(-c4c5ccccc5c(-c5cccc6c5ccc5ccccc56)c5ccccc45)c3c2)cc1. The van der Waals surface area contributed by atoms with Crippen molar-refractivity contribution in [2.45, 2.75) is 0 Å². The Kier molecular flexibility index (Phi) is 5.61. The number of hydrogen-bond donors (Lipinski definition) is 0. The summed E-state index contributed by atoms with van der Waals surface area (Å²) in [5.74, 6) is 0. The fourth-order valence-corrected chi connectivity index (χ4v) is 7.27. The molecular weight excluding hydrogens is 528 g/mol. The molecule has 0 fully saturated rings. The summed E-state index contributed by atoms with van der Waals surface area (Å²) >= 11 is 0. The van der Waals surface area contributed by atoms with Gasteiger partial charge in [0.05, 0.1) is 0 Å². The summed E-state index contributed by atoms with van der Waals surface area (Å²) in [6.07, 6.45) is 0. The maximum atomic E-state index is 2.37. The van der Waals surface area contributed by atoms with Crippen molar-refractivity contribution in [1.82, 2.24) is 0 Å². The summed E-state index contributed by atoms with van der Waals surface area (Å²) < 4.78 is 0. The molecule has 0 saturated carbocycles. The Bertz CT molecular complexity index is 2480. The first-order valence-corrected chi connectivity index (χ1v) is 15.3. The van der Waals surface area contributed by atoms with Crippen LogP contribution in [0.1, 0.15) is 0 Å². The fraction of sp³-hybridized carbons (Fsp3) is 0. The Labute approximate surface area is 256 Å². The zero-order valence-corrected chi connectivity index (χ0v) is 24.2. The quantitative estimate of drug-likeness (QED) is 0.150. The first-order chi connectivity index (χ1) is 21.8. The van der Waals surface area contributed by atoms with Gasteiger partial charge in [0.15, 0.2) is 0 Å². The summed E-state index contributed by atoms with van der Waals surface area (Å²) in [7, 11) is 0. The van der Waals surface area contributed by atoms with Gasteiger partial charge in [-0.25, -0.2) is 0 Å². The van der Waals surface area contributed by atoms with Crippen LogP contribution in [0.25, 0.3) is 87.2 Å². The van der Waals surface area contributed by atoms with E-state index in [9.17, 15) is 0 Å². The number of rotatable bonds is 3. The summed E-state index contributed by atoms with van der Waals surface area (Å²) in [4.78, 5) is 0. The van der Waals surface area contributed by atoms with E-state index in [1.54, 1.807) is 0 Å². The van der Waals surface area contributed by atoms with Gasteiger partial charge in [0.2, 0.25) is 0 Å². The van der Waals surface area contributed by atoms with Crippen molar-refractivity contribution in [2.75, 3.05) is 0 Å². The molecule has 0 unspecified atom stereocenters. The van der Waals surface area contributed by atoms with Crippen LogP contribution in [-0.2, 0) is 0 Å². The van der Waals surface area contributed by atoms with Gasteiger partial charge < -0.3 is 0 Å². The summed E-state index contributed by atoms with van der Waals surface area (Å²) in [6, 6.07) is 62.3. The molecule has 9 rings (SSSR count). The van der Waals surface area contributed by atoms with Crippen molar-refractivity contribution < 1.29 is 0 Å². The fourth-order valence-electron chi connectivity index (χ4n) is 7.27. The van der Waals surface area contributed by atoms with Crippen molar-refractivity contribution in [3.8, 4) is 33.4 Å². The van der Waals surface area contributed by atoms with Crippen LogP contribution < -0.4 is 0 Å². The van der Waals surface area contributed by atoms with E-state index in [1.807, 2.05) is 0 Å². The maximum Gasteiger partial charge on any atom is -0.00201 e. The van der Waals surface area contributed by atoms with Crippen molar-refractivity contribution in [3.05, 3.63) is 170 Å². The van der Waals surface area contributed by atoms with E-state index in [4.69, 9.17) is 0 Å². The molecule has 0 amide bonds. The molecule has 0 N–H and O–H groups in total. The molecule has 44 heavy (non-hydrogen) atoms. The third-order valence-electron chi connectivity index (χ3n) is 9.25. The van der Waals surface area contributed by atoms with Gasteiger partial charge in [-0.15, -0.1) is 0 Å². The lowest BCUT2D eigenvalue weighted by Crippen LogP contribution is -1.92. The molecular formula is C44H28. The second-order valence-corrected chi connectivity index (χ2v) is 11.6. The molecule has 0 aliphatic carbocycles. The van der Waals surface area contributed by atoms with Gasteiger partial charge in [0.25, 0.3) is 0 Å². The van der Waals surface area contributed by atoms with Crippen LogP contribution in [0.5, 0.6) is 0 Å². The van der Waals surface area contributed by atoms with E-state index in [-0.39, 0.29) is 0 Å². The predicted molar refractivity (Wildman–Crippen MR) is 190 cm³/mol. The van der Waals surface area contributed by atoms with Crippen LogP contribution >= 0.6 is 0 Å². The van der Waals surface area contributed by atoms with Gasteiger partial charge in [0, 0.05) is 0 Å². The Morgan fingerprint density at radius 2 is 0.705 bits per heavy atom. The zero-order chi connectivity index (χ0) is 29.0. The number of benzene rings is 9. The highest BCUT2D eigenvalue weighted by Crippen LogP contribution is 2.47. The Hall–Kier alpha value is -5.72. The van der Waals surface area contributed by atoms with Gasteiger partial charge in [-0.2, -0.15) is 0 Å². The zero-order valence-electron chi connectivity index (χ0n) is 24.2. The molecule has 9 aromatic carbocycles. The van der Waals surface area contributed by atoms with Crippen LogP contribution in [0.3, 0.4) is 0 Å². The van der Waals surface area contributed by atoms with Crippen LogP contribution in [0.15, 0.2) is 170 Å². The average Bonchev–Trinajstić information content (AvgIpc) is 3.10. The Morgan fingerprint density at radius 1 is 0.227 bits per heavy atom. The van der Waals surface area contributed by atoms with E-state index in [2.05, 4.69) is 170 Å². The summed E-state index contributed by atoms with van der Waals surface area (Å²) in [5.41, 5.74) is 7.60. The highest BCUT2D eigenvalue weighted by atomic mass is 14.2. The van der Waals surface area contributed by atoms with Crippen LogP contribution in [-0.4, -0.2) is 0 Å². The normalized spacial score (nSPS) is 11.6. The van der Waals surface area contributed by atoms with Gasteiger partial charge in [-0.1, -0.05) is 164 Å². The largest absolute Gasteiger partial charge is 0.0622 e. The second kappa shape index (κ2) is 9.93. The maximum absolute atomic E-state index is 2.37. The molecule has 204 valence electrons. The number of hydrogen-bond acceptors (Lipinski definition) is 0. The monoisotopic (exact) mass is 556 g/mol. The van der Waals surface area contributed by atoms with Crippen LogP contribution in [0.4, 0.5) is 0 Å². The number of fused-ring (bicyclic) bond motifs is 6. The minimum absolute atomic E-state index is 1.23. The molecule has 0 heterocycles. The van der Waals surface area contributed by atoms with E-state index < -0.39 is 0 Å². The van der Waals surface area contributed by atoms with E-state index in [0.29, 0.717) is 0 Å². The molecule has 0 nitrogen and oxygen atoms in total. The highest BCUT2D eigenvalue weighted by Gasteiger charge is 2.19.